The number of aromatic nitrogens is 1. The Morgan fingerprint density at radius 1 is 1.64 bits per heavy atom. The molecule has 0 aromatic carbocycles. The van der Waals surface area contributed by atoms with Crippen molar-refractivity contribution in [3.05, 3.63) is 27.5 Å². The van der Waals surface area contributed by atoms with E-state index in [4.69, 9.17) is 16.7 Å². The largest absolute Gasteiger partial charge is 0.243 e. The smallest absolute Gasteiger partial charge is 0.215 e. The van der Waals surface area contributed by atoms with Gasteiger partial charge in [-0.3, -0.25) is 0 Å². The van der Waals surface area contributed by atoms with Crippen LogP contribution >= 0.6 is 27.5 Å². The molecule has 1 unspecified atom stereocenters. The lowest BCUT2D eigenvalue weighted by atomic mass is 10.2. The number of halogens is 2. The molecule has 0 aliphatic rings. The molecular weight excluding hydrogens is 292 g/mol. The summed E-state index contributed by atoms with van der Waals surface area (Å²) < 4.78 is 22.8. The number of hydrogen-bond acceptors (Lipinski definition) is 3. The van der Waals surface area contributed by atoms with Crippen LogP contribution < -0.4 is 5.14 Å². The van der Waals surface area contributed by atoms with E-state index in [2.05, 4.69) is 20.9 Å². The van der Waals surface area contributed by atoms with Gasteiger partial charge in [0.25, 0.3) is 0 Å². The number of nitrogens with zero attached hydrogens (tertiary/aromatic N) is 1. The monoisotopic (exact) mass is 298 g/mol. The molecule has 2 N–H and O–H groups in total. The topological polar surface area (TPSA) is 73.0 Å². The maximum atomic E-state index is 11.1. The van der Waals surface area contributed by atoms with E-state index in [1.54, 1.807) is 6.07 Å². The van der Waals surface area contributed by atoms with Crippen molar-refractivity contribution in [1.82, 2.24) is 4.98 Å². The van der Waals surface area contributed by atoms with Gasteiger partial charge in [-0.05, 0) is 28.9 Å². The standard InChI is InChI=1S/C7H8BrClN2O2S/c1-4(14(10,12)13)6-2-5(8)3-11-7(6)9/h2-4H,1H3,(H2,10,12,13). The SMILES string of the molecule is CC(c1cc(Br)cnc1Cl)S(N)(=O)=O. The summed E-state index contributed by atoms with van der Waals surface area (Å²) in [5, 5.41) is 4.29. The highest BCUT2D eigenvalue weighted by Gasteiger charge is 2.21. The summed E-state index contributed by atoms with van der Waals surface area (Å²) in [5.41, 5.74) is 0.392. The first-order chi connectivity index (χ1) is 6.32. The van der Waals surface area contributed by atoms with Gasteiger partial charge >= 0.3 is 0 Å². The molecule has 0 radical (unpaired) electrons. The predicted octanol–water partition coefficient (Wildman–Crippen LogP) is 1.85. The fourth-order valence-electron chi connectivity index (χ4n) is 0.900. The Kier molecular flexibility index (Phi) is 3.52. The van der Waals surface area contributed by atoms with Gasteiger partial charge < -0.3 is 0 Å². The number of nitrogens with two attached hydrogens (primary N) is 1. The lowest BCUT2D eigenvalue weighted by Crippen LogP contribution is -2.19. The summed E-state index contributed by atoms with van der Waals surface area (Å²) in [4.78, 5) is 3.81. The fourth-order valence-corrected chi connectivity index (χ4v) is 2.11. The quantitative estimate of drug-likeness (QED) is 0.847. The third kappa shape index (κ3) is 2.66. The summed E-state index contributed by atoms with van der Waals surface area (Å²) in [6.45, 7) is 1.46. The van der Waals surface area contributed by atoms with Crippen molar-refractivity contribution >= 4 is 37.6 Å². The van der Waals surface area contributed by atoms with E-state index >= 15 is 0 Å². The van der Waals surface area contributed by atoms with Gasteiger partial charge in [0, 0.05) is 16.2 Å². The van der Waals surface area contributed by atoms with Crippen LogP contribution in [-0.4, -0.2) is 13.4 Å². The van der Waals surface area contributed by atoms with E-state index in [9.17, 15) is 8.42 Å². The van der Waals surface area contributed by atoms with Gasteiger partial charge in [0.2, 0.25) is 10.0 Å². The maximum Gasteiger partial charge on any atom is 0.215 e. The van der Waals surface area contributed by atoms with Gasteiger partial charge in [0.15, 0.2) is 0 Å². The van der Waals surface area contributed by atoms with Crippen LogP contribution in [0.2, 0.25) is 5.15 Å². The van der Waals surface area contributed by atoms with Crippen LogP contribution in [0.5, 0.6) is 0 Å². The first kappa shape index (κ1) is 11.9. The van der Waals surface area contributed by atoms with Crippen molar-refractivity contribution in [3.63, 3.8) is 0 Å². The molecule has 1 heterocycles. The van der Waals surface area contributed by atoms with Gasteiger partial charge in [-0.15, -0.1) is 0 Å². The fraction of sp³-hybridized carbons (Fsp3) is 0.286. The molecule has 4 nitrogen and oxygen atoms in total. The summed E-state index contributed by atoms with van der Waals surface area (Å²) in [6, 6.07) is 1.59. The number of rotatable bonds is 2. The van der Waals surface area contributed by atoms with Crippen molar-refractivity contribution in [1.29, 1.82) is 0 Å². The van der Waals surface area contributed by atoms with Crippen molar-refractivity contribution in [2.45, 2.75) is 12.2 Å². The highest BCUT2D eigenvalue weighted by atomic mass is 79.9. The Labute approximate surface area is 95.7 Å². The van der Waals surface area contributed by atoms with Crippen LogP contribution in [0.25, 0.3) is 0 Å². The second-order valence-corrected chi connectivity index (χ2v) is 5.92. The Balaban J connectivity index is 3.26. The Morgan fingerprint density at radius 2 is 2.21 bits per heavy atom. The molecule has 7 heteroatoms. The molecular formula is C7H8BrClN2O2S. The summed E-state index contributed by atoms with van der Waals surface area (Å²) in [6.07, 6.45) is 1.49. The van der Waals surface area contributed by atoms with E-state index in [0.29, 0.717) is 10.0 Å². The number of pyridine rings is 1. The number of sulfonamides is 1. The minimum absolute atomic E-state index is 0.148. The minimum Gasteiger partial charge on any atom is -0.243 e. The second-order valence-electron chi connectivity index (χ2n) is 2.76. The lowest BCUT2D eigenvalue weighted by molar-refractivity contribution is 0.588. The maximum absolute atomic E-state index is 11.1. The van der Waals surface area contributed by atoms with Crippen molar-refractivity contribution in [2.75, 3.05) is 0 Å². The third-order valence-corrected chi connectivity index (χ3v) is 3.75. The Hall–Kier alpha value is -0.170. The van der Waals surface area contributed by atoms with E-state index in [0.717, 1.165) is 0 Å². The second kappa shape index (κ2) is 4.14. The molecule has 0 spiro atoms. The van der Waals surface area contributed by atoms with E-state index in [1.807, 2.05) is 0 Å². The summed E-state index contributed by atoms with van der Waals surface area (Å²) in [7, 11) is -3.64. The molecule has 0 fully saturated rings. The first-order valence-corrected chi connectivity index (χ1v) is 6.43. The van der Waals surface area contributed by atoms with E-state index in [1.165, 1.54) is 13.1 Å². The van der Waals surface area contributed by atoms with Crippen LogP contribution in [-0.2, 0) is 10.0 Å². The van der Waals surface area contributed by atoms with Gasteiger partial charge in [-0.2, -0.15) is 0 Å². The lowest BCUT2D eigenvalue weighted by Gasteiger charge is -2.10. The van der Waals surface area contributed by atoms with E-state index < -0.39 is 15.3 Å². The van der Waals surface area contributed by atoms with Gasteiger partial charge in [-0.1, -0.05) is 11.6 Å². The zero-order chi connectivity index (χ0) is 10.9. The van der Waals surface area contributed by atoms with Crippen LogP contribution in [0, 0.1) is 0 Å². The molecule has 0 amide bonds. The Morgan fingerprint density at radius 3 is 2.71 bits per heavy atom. The molecule has 0 aliphatic carbocycles. The highest BCUT2D eigenvalue weighted by molar-refractivity contribution is 9.10. The summed E-state index contributed by atoms with van der Waals surface area (Å²) in [5.74, 6) is 0. The predicted molar refractivity (Wildman–Crippen MR) is 58.5 cm³/mol. The average Bonchev–Trinajstić information content (AvgIpc) is 2.06. The van der Waals surface area contributed by atoms with Crippen molar-refractivity contribution in [3.8, 4) is 0 Å². The molecule has 0 bridgehead atoms. The van der Waals surface area contributed by atoms with Crippen LogP contribution in [0.4, 0.5) is 0 Å². The molecule has 0 saturated heterocycles. The van der Waals surface area contributed by atoms with Crippen LogP contribution in [0.15, 0.2) is 16.7 Å². The number of primary sulfonamides is 1. The van der Waals surface area contributed by atoms with Gasteiger partial charge in [0.1, 0.15) is 10.4 Å². The van der Waals surface area contributed by atoms with Crippen LogP contribution in [0.1, 0.15) is 17.7 Å². The normalized spacial score (nSPS) is 14.0. The molecule has 1 rings (SSSR count). The first-order valence-electron chi connectivity index (χ1n) is 3.65. The molecule has 1 atom stereocenters. The highest BCUT2D eigenvalue weighted by Crippen LogP contribution is 2.27. The molecule has 14 heavy (non-hydrogen) atoms. The van der Waals surface area contributed by atoms with E-state index in [-0.39, 0.29) is 5.15 Å². The Bertz CT molecular complexity index is 449. The van der Waals surface area contributed by atoms with Crippen molar-refractivity contribution < 1.29 is 8.42 Å². The minimum atomic E-state index is -3.64. The molecule has 0 aliphatic heterocycles. The van der Waals surface area contributed by atoms with Gasteiger partial charge in [-0.25, -0.2) is 18.5 Å². The zero-order valence-corrected chi connectivity index (χ0v) is 10.4. The van der Waals surface area contributed by atoms with Gasteiger partial charge in [0.05, 0.1) is 0 Å². The summed E-state index contributed by atoms with van der Waals surface area (Å²) >= 11 is 8.92. The third-order valence-electron chi connectivity index (χ3n) is 1.76. The number of hydrogen-bond donors (Lipinski definition) is 1. The molecule has 1 aromatic heterocycles. The zero-order valence-electron chi connectivity index (χ0n) is 7.24. The molecule has 78 valence electrons. The van der Waals surface area contributed by atoms with Crippen molar-refractivity contribution in [2.24, 2.45) is 5.14 Å². The molecule has 0 saturated carbocycles. The molecule has 1 aromatic rings. The average molecular weight is 300 g/mol. The van der Waals surface area contributed by atoms with Crippen LogP contribution in [0.3, 0.4) is 0 Å².